The van der Waals surface area contributed by atoms with E-state index in [-0.39, 0.29) is 12.6 Å². The zero-order chi connectivity index (χ0) is 21.0. The molecule has 2 aromatic carbocycles. The van der Waals surface area contributed by atoms with Gasteiger partial charge in [-0.3, -0.25) is 0 Å². The lowest BCUT2D eigenvalue weighted by atomic mass is 10.2. The molecule has 0 saturated heterocycles. The third-order valence-corrected chi connectivity index (χ3v) is 4.86. The Morgan fingerprint density at radius 2 is 1.79 bits per heavy atom. The van der Waals surface area contributed by atoms with Gasteiger partial charge >= 0.3 is 5.97 Å². The van der Waals surface area contributed by atoms with Crippen molar-refractivity contribution in [1.29, 1.82) is 0 Å². The quantitative estimate of drug-likeness (QED) is 0.424. The van der Waals surface area contributed by atoms with Crippen molar-refractivity contribution in [2.45, 2.75) is 27.0 Å². The van der Waals surface area contributed by atoms with Crippen molar-refractivity contribution in [3.8, 4) is 5.75 Å². The normalized spacial score (nSPS) is 10.8. The summed E-state index contributed by atoms with van der Waals surface area (Å²) in [5.74, 6) is -0.210. The number of carbonyl (C=O) groups excluding carboxylic acids is 1. The maximum Gasteiger partial charge on any atom is 0.339 e. The Morgan fingerprint density at radius 1 is 1.07 bits per heavy atom. The molecular weight excluding hydrogens is 416 g/mol. The average Bonchev–Trinajstić information content (AvgIpc) is 3.03. The van der Waals surface area contributed by atoms with E-state index >= 15 is 0 Å². The first kappa shape index (κ1) is 21.2. The lowest BCUT2D eigenvalue weighted by molar-refractivity contribution is 0.0526. The van der Waals surface area contributed by atoms with Crippen molar-refractivity contribution in [2.24, 2.45) is 0 Å². The van der Waals surface area contributed by atoms with E-state index in [0.717, 1.165) is 11.3 Å². The van der Waals surface area contributed by atoms with Crippen molar-refractivity contribution < 1.29 is 18.7 Å². The molecule has 7 heteroatoms. The molecule has 1 aromatic heterocycles. The van der Waals surface area contributed by atoms with E-state index < -0.39 is 5.82 Å². The second kappa shape index (κ2) is 9.33. The Balaban J connectivity index is 1.81. The molecule has 0 aliphatic carbocycles. The number of halogens is 3. The van der Waals surface area contributed by atoms with Crippen LogP contribution in [0, 0.1) is 12.7 Å². The maximum atomic E-state index is 14.0. The highest BCUT2D eigenvalue weighted by Gasteiger charge is 2.14. The van der Waals surface area contributed by atoms with Crippen LogP contribution in [0.3, 0.4) is 0 Å². The number of aromatic nitrogens is 1. The van der Waals surface area contributed by atoms with E-state index in [4.69, 9.17) is 32.7 Å². The molecule has 29 heavy (non-hydrogen) atoms. The van der Waals surface area contributed by atoms with Crippen molar-refractivity contribution in [2.75, 3.05) is 6.61 Å². The number of ether oxygens (including phenoxy) is 2. The van der Waals surface area contributed by atoms with Crippen LogP contribution in [0.25, 0.3) is 0 Å². The third-order valence-electron chi connectivity index (χ3n) is 4.38. The molecule has 3 rings (SSSR count). The van der Waals surface area contributed by atoms with E-state index in [9.17, 15) is 9.18 Å². The number of nitrogens with zero attached hydrogens (tertiary/aromatic N) is 1. The summed E-state index contributed by atoms with van der Waals surface area (Å²) in [6.45, 7) is 4.47. The van der Waals surface area contributed by atoms with E-state index in [1.807, 2.05) is 11.5 Å². The van der Waals surface area contributed by atoms with E-state index in [1.54, 1.807) is 49.5 Å². The summed E-state index contributed by atoms with van der Waals surface area (Å²) in [6, 6.07) is 11.5. The average molecular weight is 436 g/mol. The van der Waals surface area contributed by atoms with Gasteiger partial charge < -0.3 is 14.0 Å². The van der Waals surface area contributed by atoms with Crippen LogP contribution in [0.1, 0.15) is 34.1 Å². The van der Waals surface area contributed by atoms with Crippen molar-refractivity contribution in [3.63, 3.8) is 0 Å². The maximum absolute atomic E-state index is 14.0. The van der Waals surface area contributed by atoms with Gasteiger partial charge in [0.25, 0.3) is 0 Å². The molecule has 0 saturated carbocycles. The van der Waals surface area contributed by atoms with Crippen LogP contribution in [-0.4, -0.2) is 17.1 Å². The van der Waals surface area contributed by atoms with Crippen LogP contribution < -0.4 is 4.74 Å². The van der Waals surface area contributed by atoms with Crippen LogP contribution in [0.5, 0.6) is 5.75 Å². The van der Waals surface area contributed by atoms with Gasteiger partial charge in [0, 0.05) is 33.1 Å². The SMILES string of the molecule is CCOC(=O)c1cc(C)n(Cc2cc(Cl)ccc2OCc2ccc(Cl)cc2F)c1. The van der Waals surface area contributed by atoms with E-state index in [0.29, 0.717) is 40.1 Å². The molecule has 0 unspecified atom stereocenters. The number of rotatable bonds is 7. The van der Waals surface area contributed by atoms with Crippen LogP contribution in [0.2, 0.25) is 10.0 Å². The number of benzene rings is 2. The Kier molecular flexibility index (Phi) is 6.83. The van der Waals surface area contributed by atoms with Crippen LogP contribution in [0.4, 0.5) is 4.39 Å². The summed E-state index contributed by atoms with van der Waals surface area (Å²) >= 11 is 12.0. The summed E-state index contributed by atoms with van der Waals surface area (Å²) in [5.41, 5.74) is 2.58. The lowest BCUT2D eigenvalue weighted by Gasteiger charge is -2.14. The summed E-state index contributed by atoms with van der Waals surface area (Å²) in [7, 11) is 0. The third kappa shape index (κ3) is 5.31. The van der Waals surface area contributed by atoms with Crippen LogP contribution in [-0.2, 0) is 17.9 Å². The molecule has 1 heterocycles. The summed E-state index contributed by atoms with van der Waals surface area (Å²) in [6.07, 6.45) is 1.73. The molecule has 0 spiro atoms. The number of carbonyl (C=O) groups is 1. The predicted octanol–water partition coefficient (Wildman–Crippen LogP) is 6.05. The number of hydrogen-bond acceptors (Lipinski definition) is 3. The Bertz CT molecular complexity index is 1030. The molecule has 0 bridgehead atoms. The van der Waals surface area contributed by atoms with E-state index in [2.05, 4.69) is 0 Å². The second-order valence-corrected chi connectivity index (χ2v) is 7.37. The first-order valence-corrected chi connectivity index (χ1v) is 9.82. The minimum absolute atomic E-state index is 0.0520. The highest BCUT2D eigenvalue weighted by Crippen LogP contribution is 2.26. The van der Waals surface area contributed by atoms with Gasteiger partial charge in [-0.25, -0.2) is 9.18 Å². The lowest BCUT2D eigenvalue weighted by Crippen LogP contribution is -2.06. The van der Waals surface area contributed by atoms with Gasteiger partial charge in [-0.1, -0.05) is 29.3 Å². The van der Waals surface area contributed by atoms with Gasteiger partial charge in [0.1, 0.15) is 18.2 Å². The van der Waals surface area contributed by atoms with Gasteiger partial charge in [-0.15, -0.1) is 0 Å². The number of esters is 1. The largest absolute Gasteiger partial charge is 0.488 e. The fourth-order valence-electron chi connectivity index (χ4n) is 2.90. The number of hydrogen-bond donors (Lipinski definition) is 0. The first-order valence-electron chi connectivity index (χ1n) is 9.06. The van der Waals surface area contributed by atoms with E-state index in [1.165, 1.54) is 6.07 Å². The Hall–Kier alpha value is -2.50. The van der Waals surface area contributed by atoms with Gasteiger partial charge in [0.15, 0.2) is 0 Å². The first-order chi connectivity index (χ1) is 13.9. The standard InChI is InChI=1S/C22H20Cl2FNO3/c1-3-28-22(27)17-8-14(2)26(12-17)11-16-9-18(23)6-7-21(16)29-13-15-4-5-19(24)10-20(15)25/h4-10,12H,3,11,13H2,1-2H3. The molecular formula is C22H20Cl2FNO3. The summed E-state index contributed by atoms with van der Waals surface area (Å²) in [4.78, 5) is 12.0. The summed E-state index contributed by atoms with van der Waals surface area (Å²) < 4.78 is 26.8. The van der Waals surface area contributed by atoms with Crippen molar-refractivity contribution in [1.82, 2.24) is 4.57 Å². The van der Waals surface area contributed by atoms with Gasteiger partial charge in [-0.05, 0) is 50.2 Å². The number of aryl methyl sites for hydroxylation is 1. The molecule has 0 fully saturated rings. The van der Waals surface area contributed by atoms with Crippen molar-refractivity contribution >= 4 is 29.2 Å². The molecule has 3 aromatic rings. The molecule has 0 aliphatic heterocycles. The zero-order valence-corrected chi connectivity index (χ0v) is 17.6. The molecule has 0 N–H and O–H groups in total. The zero-order valence-electron chi connectivity index (χ0n) is 16.0. The highest BCUT2D eigenvalue weighted by molar-refractivity contribution is 6.30. The van der Waals surface area contributed by atoms with Gasteiger partial charge in [0.05, 0.1) is 18.7 Å². The van der Waals surface area contributed by atoms with Gasteiger partial charge in [-0.2, -0.15) is 0 Å². The van der Waals surface area contributed by atoms with Crippen LogP contribution >= 0.6 is 23.2 Å². The second-order valence-electron chi connectivity index (χ2n) is 6.49. The fourth-order valence-corrected chi connectivity index (χ4v) is 3.25. The molecule has 0 amide bonds. The highest BCUT2D eigenvalue weighted by atomic mass is 35.5. The minimum Gasteiger partial charge on any atom is -0.488 e. The predicted molar refractivity (Wildman–Crippen MR) is 111 cm³/mol. The monoisotopic (exact) mass is 435 g/mol. The molecule has 0 aliphatic rings. The minimum atomic E-state index is -0.423. The summed E-state index contributed by atoms with van der Waals surface area (Å²) in [5, 5.41) is 0.888. The molecule has 0 radical (unpaired) electrons. The Labute approximate surface area is 178 Å². The Morgan fingerprint density at radius 3 is 2.52 bits per heavy atom. The van der Waals surface area contributed by atoms with Crippen molar-refractivity contribution in [3.05, 3.63) is 86.9 Å². The fraction of sp³-hybridized carbons (Fsp3) is 0.227. The molecule has 0 atom stereocenters. The molecule has 4 nitrogen and oxygen atoms in total. The van der Waals surface area contributed by atoms with Crippen LogP contribution in [0.15, 0.2) is 48.7 Å². The molecule has 152 valence electrons. The van der Waals surface area contributed by atoms with Gasteiger partial charge in [0.2, 0.25) is 0 Å². The topological polar surface area (TPSA) is 40.5 Å². The smallest absolute Gasteiger partial charge is 0.339 e.